The minimum Gasteiger partial charge on any atom is -0.310 e. The van der Waals surface area contributed by atoms with Crippen molar-refractivity contribution in [3.8, 4) is 18.2 Å². The summed E-state index contributed by atoms with van der Waals surface area (Å²) in [6, 6.07) is 56.3. The SMILES string of the molecule is C[Si](C)(C)c1ccc(N(c2ccc(C#N)cc2)c2ccc3ccc4c(N(c5ccc(C#N)cc5)c5ccc(C#N)cc5)ccc5ccc2c3c54)cc1. The van der Waals surface area contributed by atoms with E-state index in [-0.39, 0.29) is 0 Å². The molecule has 8 rings (SSSR count). The highest BCUT2D eigenvalue weighted by atomic mass is 28.3. The maximum Gasteiger partial charge on any atom is 0.0991 e. The number of nitrogens with zero attached hydrogens (tertiary/aromatic N) is 5. The van der Waals surface area contributed by atoms with Crippen molar-refractivity contribution in [1.82, 2.24) is 0 Å². The molecule has 0 saturated heterocycles. The summed E-state index contributed by atoms with van der Waals surface area (Å²) in [6.07, 6.45) is 0. The predicted octanol–water partition coefficient (Wildman–Crippen LogP) is 11.7. The van der Waals surface area contributed by atoms with Crippen LogP contribution < -0.4 is 15.0 Å². The first-order chi connectivity index (χ1) is 25.3. The van der Waals surface area contributed by atoms with Crippen LogP contribution in [0.1, 0.15) is 16.7 Å². The average Bonchev–Trinajstić information content (AvgIpc) is 3.18. The van der Waals surface area contributed by atoms with Crippen LogP contribution in [0.5, 0.6) is 0 Å². The van der Waals surface area contributed by atoms with Crippen molar-refractivity contribution < 1.29 is 0 Å². The van der Waals surface area contributed by atoms with Crippen molar-refractivity contribution in [2.75, 3.05) is 9.80 Å². The topological polar surface area (TPSA) is 77.8 Å². The first-order valence-electron chi connectivity index (χ1n) is 17.2. The third-order valence-corrected chi connectivity index (χ3v) is 11.9. The first-order valence-corrected chi connectivity index (χ1v) is 20.7. The molecule has 0 N–H and O–H groups in total. The Labute approximate surface area is 304 Å². The van der Waals surface area contributed by atoms with Crippen molar-refractivity contribution in [1.29, 1.82) is 15.8 Å². The Bertz CT molecular complexity index is 2670. The van der Waals surface area contributed by atoms with Crippen LogP contribution in [0.2, 0.25) is 19.6 Å². The summed E-state index contributed by atoms with van der Waals surface area (Å²) in [6.45, 7) is 7.08. The van der Waals surface area contributed by atoms with E-state index in [1.54, 1.807) is 0 Å². The molecule has 0 heterocycles. The van der Waals surface area contributed by atoms with Gasteiger partial charge in [-0.15, -0.1) is 0 Å². The van der Waals surface area contributed by atoms with Gasteiger partial charge in [-0.05, 0) is 119 Å². The van der Waals surface area contributed by atoms with Crippen LogP contribution in [-0.4, -0.2) is 8.07 Å². The lowest BCUT2D eigenvalue weighted by Gasteiger charge is -2.29. The number of hydrogen-bond donors (Lipinski definition) is 0. The van der Waals surface area contributed by atoms with Crippen molar-refractivity contribution >= 4 is 79.7 Å². The molecule has 246 valence electrons. The number of nitriles is 3. The second-order valence-electron chi connectivity index (χ2n) is 14.0. The second kappa shape index (κ2) is 12.8. The molecule has 5 nitrogen and oxygen atoms in total. The lowest BCUT2D eigenvalue weighted by atomic mass is 9.91. The molecule has 0 aliphatic rings. The van der Waals surface area contributed by atoms with E-state index in [2.05, 4.69) is 120 Å². The Morgan fingerprint density at radius 3 is 1.00 bits per heavy atom. The van der Waals surface area contributed by atoms with Gasteiger partial charge < -0.3 is 9.80 Å². The van der Waals surface area contributed by atoms with Gasteiger partial charge in [-0.25, -0.2) is 0 Å². The van der Waals surface area contributed by atoms with Gasteiger partial charge in [0, 0.05) is 33.5 Å². The molecule has 0 bridgehead atoms. The van der Waals surface area contributed by atoms with Gasteiger partial charge >= 0.3 is 0 Å². The third kappa shape index (κ3) is 5.57. The Hall–Kier alpha value is -6.91. The molecule has 0 aliphatic carbocycles. The molecule has 0 amide bonds. The van der Waals surface area contributed by atoms with E-state index in [0.717, 1.165) is 61.1 Å². The molecule has 0 atom stereocenters. The van der Waals surface area contributed by atoms with Crippen LogP contribution in [0.15, 0.2) is 146 Å². The van der Waals surface area contributed by atoms with Crippen LogP contribution in [0.4, 0.5) is 34.1 Å². The highest BCUT2D eigenvalue weighted by Crippen LogP contribution is 2.47. The van der Waals surface area contributed by atoms with E-state index in [1.807, 2.05) is 72.8 Å². The molecular weight excluding hydrogens is 651 g/mol. The Morgan fingerprint density at radius 2 is 0.692 bits per heavy atom. The van der Waals surface area contributed by atoms with Gasteiger partial charge in [0.1, 0.15) is 0 Å². The number of anilines is 6. The van der Waals surface area contributed by atoms with Gasteiger partial charge in [0.15, 0.2) is 0 Å². The zero-order valence-electron chi connectivity index (χ0n) is 29.1. The number of hydrogen-bond acceptors (Lipinski definition) is 5. The summed E-state index contributed by atoms with van der Waals surface area (Å²) in [5, 5.41) is 36.8. The molecule has 8 aromatic rings. The van der Waals surface area contributed by atoms with Crippen molar-refractivity contribution in [3.63, 3.8) is 0 Å². The van der Waals surface area contributed by atoms with Gasteiger partial charge in [0.25, 0.3) is 0 Å². The van der Waals surface area contributed by atoms with Gasteiger partial charge in [-0.3, -0.25) is 0 Å². The van der Waals surface area contributed by atoms with Gasteiger partial charge in [-0.1, -0.05) is 73.4 Å². The monoisotopic (exact) mass is 683 g/mol. The lowest BCUT2D eigenvalue weighted by molar-refractivity contribution is 1.29. The molecule has 8 aromatic carbocycles. The van der Waals surface area contributed by atoms with Gasteiger partial charge in [0.05, 0.1) is 54.3 Å². The van der Waals surface area contributed by atoms with E-state index in [9.17, 15) is 15.8 Å². The van der Waals surface area contributed by atoms with Gasteiger partial charge in [0.2, 0.25) is 0 Å². The largest absolute Gasteiger partial charge is 0.310 e. The van der Waals surface area contributed by atoms with Crippen LogP contribution in [0, 0.1) is 34.0 Å². The smallest absolute Gasteiger partial charge is 0.0991 e. The van der Waals surface area contributed by atoms with Crippen LogP contribution in [0.25, 0.3) is 32.3 Å². The normalized spacial score (nSPS) is 11.3. The molecule has 0 unspecified atom stereocenters. The Morgan fingerprint density at radius 1 is 0.385 bits per heavy atom. The zero-order chi connectivity index (χ0) is 36.0. The molecule has 0 aromatic heterocycles. The fraction of sp³-hybridized carbons (Fsp3) is 0.0652. The molecule has 0 fully saturated rings. The third-order valence-electron chi connectivity index (χ3n) is 9.86. The molecule has 0 radical (unpaired) electrons. The highest BCUT2D eigenvalue weighted by Gasteiger charge is 2.23. The molecule has 0 aliphatic heterocycles. The van der Waals surface area contributed by atoms with Crippen LogP contribution >= 0.6 is 0 Å². The summed E-state index contributed by atoms with van der Waals surface area (Å²) in [4.78, 5) is 4.49. The Balaban J connectivity index is 1.37. The minimum atomic E-state index is -1.51. The minimum absolute atomic E-state index is 0.591. The predicted molar refractivity (Wildman–Crippen MR) is 217 cm³/mol. The zero-order valence-corrected chi connectivity index (χ0v) is 30.1. The number of benzene rings is 8. The van der Waals surface area contributed by atoms with Crippen molar-refractivity contribution in [2.24, 2.45) is 0 Å². The quantitative estimate of drug-likeness (QED) is 0.123. The first kappa shape index (κ1) is 32.3. The summed E-state index contributed by atoms with van der Waals surface area (Å²) in [7, 11) is -1.51. The fourth-order valence-corrected chi connectivity index (χ4v) is 8.35. The van der Waals surface area contributed by atoms with E-state index in [0.29, 0.717) is 16.7 Å². The molecule has 0 spiro atoms. The lowest BCUT2D eigenvalue weighted by Crippen LogP contribution is -2.37. The van der Waals surface area contributed by atoms with Crippen LogP contribution in [0.3, 0.4) is 0 Å². The maximum absolute atomic E-state index is 9.57. The highest BCUT2D eigenvalue weighted by molar-refractivity contribution is 6.88. The second-order valence-corrected chi connectivity index (χ2v) is 19.1. The van der Waals surface area contributed by atoms with Crippen molar-refractivity contribution in [2.45, 2.75) is 19.6 Å². The Kier molecular flexibility index (Phi) is 7.93. The summed E-state index contributed by atoms with van der Waals surface area (Å²) >= 11 is 0. The summed E-state index contributed by atoms with van der Waals surface area (Å²) in [5.74, 6) is 0. The molecular formula is C46H33N5Si. The average molecular weight is 684 g/mol. The van der Waals surface area contributed by atoms with E-state index in [4.69, 9.17) is 0 Å². The van der Waals surface area contributed by atoms with Gasteiger partial charge in [-0.2, -0.15) is 15.8 Å². The van der Waals surface area contributed by atoms with E-state index < -0.39 is 8.07 Å². The number of rotatable bonds is 7. The van der Waals surface area contributed by atoms with Crippen molar-refractivity contribution in [3.05, 3.63) is 162 Å². The van der Waals surface area contributed by atoms with E-state index >= 15 is 0 Å². The fourth-order valence-electron chi connectivity index (χ4n) is 7.18. The van der Waals surface area contributed by atoms with E-state index in [1.165, 1.54) is 10.6 Å². The standard InChI is InChI=1S/C46H33N5Si/c1-52(2,3)40-22-20-39(21-23-40)51(38-18-8-33(30-49)9-19-38)44-27-13-35-10-24-41-43(26-12-34-11-25-42(44)46(35)45(34)41)50(36-14-4-31(28-47)5-15-36)37-16-6-32(29-48)7-17-37/h4-27H,1-3H3. The summed E-state index contributed by atoms with van der Waals surface area (Å²) < 4.78 is 0. The van der Waals surface area contributed by atoms with Crippen LogP contribution in [-0.2, 0) is 0 Å². The summed E-state index contributed by atoms with van der Waals surface area (Å²) in [5.41, 5.74) is 7.69. The molecule has 6 heteroatoms. The molecule has 52 heavy (non-hydrogen) atoms. The molecule has 0 saturated carbocycles. The maximum atomic E-state index is 9.57.